The van der Waals surface area contributed by atoms with Crippen LogP contribution in [0.25, 0.3) is 5.69 Å². The molecule has 7 heteroatoms. The van der Waals surface area contributed by atoms with E-state index in [9.17, 15) is 9.90 Å². The van der Waals surface area contributed by atoms with Crippen molar-refractivity contribution in [2.45, 2.75) is 50.3 Å². The number of nitrogens with zero attached hydrogens (tertiary/aromatic N) is 4. The summed E-state index contributed by atoms with van der Waals surface area (Å²) in [6.07, 6.45) is 10.7. The maximum Gasteiger partial charge on any atom is 0.253 e. The fraction of sp³-hybridized carbons (Fsp3) is 0.409. The molecule has 0 radical (unpaired) electrons. The summed E-state index contributed by atoms with van der Waals surface area (Å²) >= 11 is 0. The number of para-hydroxylation sites is 1. The highest BCUT2D eigenvalue weighted by molar-refractivity contribution is 5.98. The lowest BCUT2D eigenvalue weighted by atomic mass is 10.1. The number of benzene rings is 1. The number of aliphatic hydroxyl groups is 1. The third-order valence-corrected chi connectivity index (χ3v) is 5.97. The SMILES string of the molecule is O=C(N[C@@H]1CC(Cn2ccnc2)C[C@H]1O)c1ccccc1-n1ccc(C2CC2)n1. The van der Waals surface area contributed by atoms with E-state index >= 15 is 0 Å². The first-order valence-electron chi connectivity index (χ1n) is 10.3. The predicted octanol–water partition coefficient (Wildman–Crippen LogP) is 2.52. The van der Waals surface area contributed by atoms with Gasteiger partial charge in [0.05, 0.1) is 35.4 Å². The highest BCUT2D eigenvalue weighted by Gasteiger charge is 2.34. The van der Waals surface area contributed by atoms with Crippen molar-refractivity contribution < 1.29 is 9.90 Å². The van der Waals surface area contributed by atoms with Crippen LogP contribution in [0.1, 0.15) is 47.7 Å². The van der Waals surface area contributed by atoms with Gasteiger partial charge < -0.3 is 15.0 Å². The number of carbonyl (C=O) groups is 1. The number of nitrogens with one attached hydrogen (secondary N) is 1. The van der Waals surface area contributed by atoms with E-state index in [4.69, 9.17) is 0 Å². The fourth-order valence-corrected chi connectivity index (χ4v) is 4.30. The molecule has 1 amide bonds. The van der Waals surface area contributed by atoms with Crippen molar-refractivity contribution in [3.63, 3.8) is 0 Å². The molecule has 2 heterocycles. The van der Waals surface area contributed by atoms with Crippen LogP contribution in [0, 0.1) is 5.92 Å². The molecule has 3 aromatic rings. The van der Waals surface area contributed by atoms with Gasteiger partial charge in [0.25, 0.3) is 5.91 Å². The lowest BCUT2D eigenvalue weighted by Gasteiger charge is -2.18. The minimum Gasteiger partial charge on any atom is -0.391 e. The summed E-state index contributed by atoms with van der Waals surface area (Å²) in [4.78, 5) is 17.1. The maximum absolute atomic E-state index is 13.0. The van der Waals surface area contributed by atoms with E-state index in [1.807, 2.05) is 47.3 Å². The van der Waals surface area contributed by atoms with Crippen molar-refractivity contribution in [2.24, 2.45) is 5.92 Å². The average molecular weight is 391 g/mol. The van der Waals surface area contributed by atoms with Crippen LogP contribution in [-0.2, 0) is 6.54 Å². The molecule has 0 spiro atoms. The van der Waals surface area contributed by atoms with Gasteiger partial charge in [-0.15, -0.1) is 0 Å². The lowest BCUT2D eigenvalue weighted by Crippen LogP contribution is -2.40. The maximum atomic E-state index is 13.0. The summed E-state index contributed by atoms with van der Waals surface area (Å²) in [6, 6.07) is 9.28. The van der Waals surface area contributed by atoms with Crippen molar-refractivity contribution in [1.82, 2.24) is 24.6 Å². The van der Waals surface area contributed by atoms with Gasteiger partial charge in [-0.2, -0.15) is 5.10 Å². The molecule has 2 saturated carbocycles. The predicted molar refractivity (Wildman–Crippen MR) is 108 cm³/mol. The normalized spacial score (nSPS) is 24.0. The molecule has 7 nitrogen and oxygen atoms in total. The Morgan fingerprint density at radius 2 is 2.03 bits per heavy atom. The Bertz CT molecular complexity index is 992. The van der Waals surface area contributed by atoms with E-state index in [1.54, 1.807) is 17.2 Å². The van der Waals surface area contributed by atoms with Gasteiger partial charge in [-0.05, 0) is 49.8 Å². The standard InChI is InChI=1S/C22H25N5O2/c28-21-12-15(13-26-10-8-23-14-26)11-19(21)24-22(29)17-3-1-2-4-20(17)27-9-7-18(25-27)16-5-6-16/h1-4,7-10,14-16,19,21,28H,5-6,11-13H2,(H,24,29)/t15?,19-,21-/m1/s1. The molecule has 2 N–H and O–H groups in total. The summed E-state index contributed by atoms with van der Waals surface area (Å²) in [5, 5.41) is 18.2. The molecule has 3 atom stereocenters. The van der Waals surface area contributed by atoms with E-state index in [2.05, 4.69) is 15.4 Å². The minimum absolute atomic E-state index is 0.170. The summed E-state index contributed by atoms with van der Waals surface area (Å²) in [7, 11) is 0. The molecule has 2 aliphatic carbocycles. The number of rotatable bonds is 6. The van der Waals surface area contributed by atoms with Crippen LogP contribution in [0.4, 0.5) is 0 Å². The molecule has 2 aliphatic rings. The Morgan fingerprint density at radius 3 is 2.83 bits per heavy atom. The number of hydrogen-bond donors (Lipinski definition) is 2. The second-order valence-corrected chi connectivity index (χ2v) is 8.22. The van der Waals surface area contributed by atoms with E-state index < -0.39 is 6.10 Å². The van der Waals surface area contributed by atoms with E-state index in [-0.39, 0.29) is 11.9 Å². The summed E-state index contributed by atoms with van der Waals surface area (Å²) in [5.41, 5.74) is 2.43. The molecule has 2 aromatic heterocycles. The van der Waals surface area contributed by atoms with Gasteiger partial charge >= 0.3 is 0 Å². The zero-order valence-corrected chi connectivity index (χ0v) is 16.2. The lowest BCUT2D eigenvalue weighted by molar-refractivity contribution is 0.0872. The van der Waals surface area contributed by atoms with Crippen LogP contribution in [0.3, 0.4) is 0 Å². The van der Waals surface area contributed by atoms with Gasteiger partial charge in [-0.1, -0.05) is 12.1 Å². The Kier molecular flexibility index (Phi) is 4.67. The summed E-state index contributed by atoms with van der Waals surface area (Å²) < 4.78 is 3.81. The van der Waals surface area contributed by atoms with Crippen LogP contribution in [-0.4, -0.2) is 42.5 Å². The molecule has 0 saturated heterocycles. The summed E-state index contributed by atoms with van der Waals surface area (Å²) in [5.74, 6) is 0.710. The molecule has 29 heavy (non-hydrogen) atoms. The number of amides is 1. The number of hydrogen-bond acceptors (Lipinski definition) is 4. The average Bonchev–Trinajstić information content (AvgIpc) is 3.11. The second kappa shape index (κ2) is 7.48. The van der Waals surface area contributed by atoms with Crippen molar-refractivity contribution in [3.05, 3.63) is 66.5 Å². The van der Waals surface area contributed by atoms with Gasteiger partial charge in [0, 0.05) is 31.1 Å². The van der Waals surface area contributed by atoms with Gasteiger partial charge in [0.15, 0.2) is 0 Å². The molecule has 2 fully saturated rings. The highest BCUT2D eigenvalue weighted by atomic mass is 16.3. The van der Waals surface area contributed by atoms with Gasteiger partial charge in [0.2, 0.25) is 0 Å². The molecule has 1 aromatic carbocycles. The second-order valence-electron chi connectivity index (χ2n) is 8.22. The van der Waals surface area contributed by atoms with Gasteiger partial charge in [0.1, 0.15) is 0 Å². The monoisotopic (exact) mass is 391 g/mol. The van der Waals surface area contributed by atoms with Crippen LogP contribution >= 0.6 is 0 Å². The molecular formula is C22H25N5O2. The molecule has 1 unspecified atom stereocenters. The van der Waals surface area contributed by atoms with Crippen LogP contribution in [0.15, 0.2) is 55.2 Å². The Balaban J connectivity index is 1.29. The Labute approximate surface area is 169 Å². The van der Waals surface area contributed by atoms with Crippen LogP contribution < -0.4 is 5.32 Å². The van der Waals surface area contributed by atoms with Crippen molar-refractivity contribution in [1.29, 1.82) is 0 Å². The van der Waals surface area contributed by atoms with Crippen molar-refractivity contribution >= 4 is 5.91 Å². The van der Waals surface area contributed by atoms with Crippen LogP contribution in [0.5, 0.6) is 0 Å². The highest BCUT2D eigenvalue weighted by Crippen LogP contribution is 2.39. The van der Waals surface area contributed by atoms with Crippen LogP contribution in [0.2, 0.25) is 0 Å². The molecule has 150 valence electrons. The first kappa shape index (κ1) is 18.1. The smallest absolute Gasteiger partial charge is 0.253 e. The molecule has 0 bridgehead atoms. The molecule has 5 rings (SSSR count). The Morgan fingerprint density at radius 1 is 1.17 bits per heavy atom. The quantitative estimate of drug-likeness (QED) is 0.676. The fourth-order valence-electron chi connectivity index (χ4n) is 4.30. The number of aromatic nitrogens is 4. The third-order valence-electron chi connectivity index (χ3n) is 5.97. The van der Waals surface area contributed by atoms with E-state index in [1.165, 1.54) is 12.8 Å². The van der Waals surface area contributed by atoms with Crippen molar-refractivity contribution in [3.8, 4) is 5.69 Å². The topological polar surface area (TPSA) is 85.0 Å². The first-order chi connectivity index (χ1) is 14.2. The largest absolute Gasteiger partial charge is 0.391 e. The zero-order chi connectivity index (χ0) is 19.8. The zero-order valence-electron chi connectivity index (χ0n) is 16.2. The van der Waals surface area contributed by atoms with Gasteiger partial charge in [-0.3, -0.25) is 4.79 Å². The van der Waals surface area contributed by atoms with Gasteiger partial charge in [-0.25, -0.2) is 9.67 Å². The third kappa shape index (κ3) is 3.82. The molecular weight excluding hydrogens is 366 g/mol. The number of imidazole rings is 1. The molecule has 0 aliphatic heterocycles. The van der Waals surface area contributed by atoms with Crippen molar-refractivity contribution in [2.75, 3.05) is 0 Å². The summed E-state index contributed by atoms with van der Waals surface area (Å²) in [6.45, 7) is 0.803. The van der Waals surface area contributed by atoms with E-state index in [0.29, 0.717) is 23.8 Å². The Hall–Kier alpha value is -2.93. The first-order valence-corrected chi connectivity index (χ1v) is 10.3. The number of aliphatic hydroxyl groups excluding tert-OH is 1. The minimum atomic E-state index is -0.536. The van der Waals surface area contributed by atoms with E-state index in [0.717, 1.165) is 24.3 Å². The number of carbonyl (C=O) groups excluding carboxylic acids is 1.